The molecular weight excluding hydrogens is 319 g/mol. The van der Waals surface area contributed by atoms with Crippen molar-refractivity contribution in [3.05, 3.63) is 64.6 Å². The summed E-state index contributed by atoms with van der Waals surface area (Å²) >= 11 is 5.69. The Morgan fingerprint density at radius 1 is 1.22 bits per heavy atom. The zero-order valence-electron chi connectivity index (χ0n) is 12.1. The number of aromatic nitrogens is 1. The summed E-state index contributed by atoms with van der Waals surface area (Å²) in [7, 11) is 0. The van der Waals surface area contributed by atoms with Crippen LogP contribution in [-0.2, 0) is 0 Å². The molecule has 3 aromatic rings. The SMILES string of the molecule is Cc1ccc(-c2nc(C=Nc3ccc(F)c(Cl)c3)c(O)o2)cc1. The first-order valence-electron chi connectivity index (χ1n) is 6.79. The van der Waals surface area contributed by atoms with Gasteiger partial charge >= 0.3 is 5.95 Å². The van der Waals surface area contributed by atoms with Crippen LogP contribution in [0.15, 0.2) is 51.9 Å². The Bertz CT molecular complexity index is 873. The fraction of sp³-hybridized carbons (Fsp3) is 0.0588. The molecule has 6 heteroatoms. The third kappa shape index (κ3) is 3.40. The summed E-state index contributed by atoms with van der Waals surface area (Å²) in [5.74, 6) is -0.560. The highest BCUT2D eigenvalue weighted by molar-refractivity contribution is 6.31. The third-order valence-corrected chi connectivity index (χ3v) is 3.46. The average Bonchev–Trinajstić information content (AvgIpc) is 2.90. The molecule has 1 heterocycles. The van der Waals surface area contributed by atoms with Gasteiger partial charge in [0.1, 0.15) is 5.82 Å². The average molecular weight is 331 g/mol. The van der Waals surface area contributed by atoms with Crippen molar-refractivity contribution in [2.45, 2.75) is 6.92 Å². The van der Waals surface area contributed by atoms with Crippen LogP contribution in [0.1, 0.15) is 11.3 Å². The van der Waals surface area contributed by atoms with Gasteiger partial charge in [-0.2, -0.15) is 0 Å². The molecule has 1 N–H and O–H groups in total. The number of hydrogen-bond donors (Lipinski definition) is 1. The van der Waals surface area contributed by atoms with Crippen LogP contribution in [0.4, 0.5) is 10.1 Å². The van der Waals surface area contributed by atoms with E-state index in [2.05, 4.69) is 9.98 Å². The highest BCUT2D eigenvalue weighted by Crippen LogP contribution is 2.26. The lowest BCUT2D eigenvalue weighted by atomic mass is 10.1. The molecule has 4 nitrogen and oxygen atoms in total. The summed E-state index contributed by atoms with van der Waals surface area (Å²) in [5.41, 5.74) is 2.48. The summed E-state index contributed by atoms with van der Waals surface area (Å²) in [5, 5.41) is 9.79. The summed E-state index contributed by atoms with van der Waals surface area (Å²) < 4.78 is 18.3. The van der Waals surface area contributed by atoms with Crippen molar-refractivity contribution < 1.29 is 13.9 Å². The molecule has 0 aliphatic rings. The molecule has 0 radical (unpaired) electrons. The minimum Gasteiger partial charge on any atom is -0.479 e. The van der Waals surface area contributed by atoms with Gasteiger partial charge in [0, 0.05) is 5.56 Å². The van der Waals surface area contributed by atoms with E-state index in [1.807, 2.05) is 31.2 Å². The predicted molar refractivity (Wildman–Crippen MR) is 87.0 cm³/mol. The standard InChI is InChI=1S/C17H12ClFN2O2/c1-10-2-4-11(5-3-10)16-21-15(17(22)23-16)9-20-12-6-7-14(19)13(18)8-12/h2-9,22H,1H3. The fourth-order valence-corrected chi connectivity index (χ4v) is 2.10. The molecule has 2 aromatic carbocycles. The Labute approximate surface area is 136 Å². The zero-order valence-corrected chi connectivity index (χ0v) is 12.9. The predicted octanol–water partition coefficient (Wildman–Crippen LogP) is 4.90. The van der Waals surface area contributed by atoms with Crippen LogP contribution in [-0.4, -0.2) is 16.3 Å². The van der Waals surface area contributed by atoms with Crippen molar-refractivity contribution >= 4 is 23.5 Å². The van der Waals surface area contributed by atoms with Gasteiger partial charge in [0.15, 0.2) is 5.69 Å². The van der Waals surface area contributed by atoms with E-state index in [0.29, 0.717) is 11.6 Å². The van der Waals surface area contributed by atoms with Crippen LogP contribution in [0.25, 0.3) is 11.5 Å². The molecule has 23 heavy (non-hydrogen) atoms. The van der Waals surface area contributed by atoms with E-state index in [1.54, 1.807) is 0 Å². The first kappa shape index (κ1) is 15.2. The maximum atomic E-state index is 13.1. The summed E-state index contributed by atoms with van der Waals surface area (Å²) in [4.78, 5) is 8.29. The monoisotopic (exact) mass is 330 g/mol. The van der Waals surface area contributed by atoms with Gasteiger partial charge in [0.2, 0.25) is 5.89 Å². The van der Waals surface area contributed by atoms with E-state index < -0.39 is 5.82 Å². The van der Waals surface area contributed by atoms with Crippen LogP contribution in [0.5, 0.6) is 5.95 Å². The van der Waals surface area contributed by atoms with E-state index in [4.69, 9.17) is 16.0 Å². The second-order valence-corrected chi connectivity index (χ2v) is 5.34. The van der Waals surface area contributed by atoms with Crippen LogP contribution < -0.4 is 0 Å². The van der Waals surface area contributed by atoms with Gasteiger partial charge in [-0.25, -0.2) is 9.37 Å². The van der Waals surface area contributed by atoms with E-state index in [0.717, 1.165) is 11.1 Å². The number of halogens is 2. The largest absolute Gasteiger partial charge is 0.479 e. The van der Waals surface area contributed by atoms with Crippen molar-refractivity contribution in [1.82, 2.24) is 4.98 Å². The fourth-order valence-electron chi connectivity index (χ4n) is 1.93. The van der Waals surface area contributed by atoms with Crippen molar-refractivity contribution in [1.29, 1.82) is 0 Å². The van der Waals surface area contributed by atoms with E-state index >= 15 is 0 Å². The van der Waals surface area contributed by atoms with E-state index in [-0.39, 0.29) is 16.7 Å². The second kappa shape index (κ2) is 6.22. The summed E-state index contributed by atoms with van der Waals surface area (Å²) in [6.45, 7) is 1.97. The first-order chi connectivity index (χ1) is 11.0. The molecule has 116 valence electrons. The first-order valence-corrected chi connectivity index (χ1v) is 7.16. The van der Waals surface area contributed by atoms with Crippen LogP contribution >= 0.6 is 11.6 Å². The van der Waals surface area contributed by atoms with Gasteiger partial charge in [-0.05, 0) is 37.3 Å². The van der Waals surface area contributed by atoms with Crippen LogP contribution in [0, 0.1) is 12.7 Å². The highest BCUT2D eigenvalue weighted by atomic mass is 35.5. The number of oxazole rings is 1. The molecule has 0 bridgehead atoms. The van der Waals surface area contributed by atoms with Crippen molar-refractivity contribution in [2.75, 3.05) is 0 Å². The number of hydrogen-bond acceptors (Lipinski definition) is 4. The second-order valence-electron chi connectivity index (χ2n) is 4.93. The molecule has 0 saturated heterocycles. The molecule has 0 atom stereocenters. The van der Waals surface area contributed by atoms with Gasteiger partial charge in [-0.3, -0.25) is 4.99 Å². The Hall–Kier alpha value is -2.66. The minimum atomic E-state index is -0.517. The zero-order chi connectivity index (χ0) is 16.4. The number of aliphatic imine (C=N–C) groups is 1. The Balaban J connectivity index is 1.87. The lowest BCUT2D eigenvalue weighted by Crippen LogP contribution is -1.83. The van der Waals surface area contributed by atoms with Gasteiger partial charge in [0.25, 0.3) is 0 Å². The summed E-state index contributed by atoms with van der Waals surface area (Å²) in [6.07, 6.45) is 1.33. The molecule has 1 aromatic heterocycles. The number of benzene rings is 2. The van der Waals surface area contributed by atoms with E-state index in [9.17, 15) is 9.50 Å². The van der Waals surface area contributed by atoms with Gasteiger partial charge in [-0.1, -0.05) is 29.3 Å². The molecule has 0 saturated carbocycles. The van der Waals surface area contributed by atoms with Crippen molar-refractivity contribution in [3.8, 4) is 17.4 Å². The van der Waals surface area contributed by atoms with E-state index in [1.165, 1.54) is 24.4 Å². The molecular formula is C17H12ClFN2O2. The molecule has 3 rings (SSSR count). The van der Waals surface area contributed by atoms with Crippen molar-refractivity contribution in [2.24, 2.45) is 4.99 Å². The Morgan fingerprint density at radius 3 is 2.65 bits per heavy atom. The topological polar surface area (TPSA) is 58.6 Å². The highest BCUT2D eigenvalue weighted by Gasteiger charge is 2.12. The summed E-state index contributed by atoms with van der Waals surface area (Å²) in [6, 6.07) is 11.6. The Kier molecular flexibility index (Phi) is 4.12. The third-order valence-electron chi connectivity index (χ3n) is 3.17. The normalized spacial score (nSPS) is 11.3. The Morgan fingerprint density at radius 2 is 1.96 bits per heavy atom. The minimum absolute atomic E-state index is 0.0237. The number of nitrogens with zero attached hydrogens (tertiary/aromatic N) is 2. The molecule has 0 unspecified atom stereocenters. The molecule has 0 amide bonds. The van der Waals surface area contributed by atoms with Gasteiger partial charge in [-0.15, -0.1) is 0 Å². The molecule has 0 spiro atoms. The smallest absolute Gasteiger partial charge is 0.312 e. The maximum absolute atomic E-state index is 13.1. The van der Waals surface area contributed by atoms with Gasteiger partial charge in [0.05, 0.1) is 16.9 Å². The lowest BCUT2D eigenvalue weighted by molar-refractivity contribution is 0.337. The molecule has 0 aliphatic heterocycles. The molecule has 0 aliphatic carbocycles. The van der Waals surface area contributed by atoms with Crippen LogP contribution in [0.3, 0.4) is 0 Å². The molecule has 0 fully saturated rings. The van der Waals surface area contributed by atoms with Crippen LogP contribution in [0.2, 0.25) is 5.02 Å². The quantitative estimate of drug-likeness (QED) is 0.695. The van der Waals surface area contributed by atoms with Crippen molar-refractivity contribution in [3.63, 3.8) is 0 Å². The number of aryl methyl sites for hydroxylation is 1. The maximum Gasteiger partial charge on any atom is 0.312 e. The lowest BCUT2D eigenvalue weighted by Gasteiger charge is -1.95. The van der Waals surface area contributed by atoms with Gasteiger partial charge < -0.3 is 9.52 Å². The number of rotatable bonds is 3. The number of aromatic hydroxyl groups is 1.